The van der Waals surface area contributed by atoms with Crippen LogP contribution in [0.25, 0.3) is 0 Å². The predicted molar refractivity (Wildman–Crippen MR) is 116 cm³/mol. The van der Waals surface area contributed by atoms with E-state index in [0.29, 0.717) is 24.4 Å². The van der Waals surface area contributed by atoms with Crippen LogP contribution >= 0.6 is 11.8 Å². The van der Waals surface area contributed by atoms with E-state index in [1.807, 2.05) is 24.3 Å². The Kier molecular flexibility index (Phi) is 6.18. The second-order valence-corrected chi connectivity index (χ2v) is 9.21. The molecule has 29 heavy (non-hydrogen) atoms. The molecule has 5 nitrogen and oxygen atoms in total. The number of methoxy groups -OCH3 is 1. The third-order valence-electron chi connectivity index (χ3n) is 6.19. The Morgan fingerprint density at radius 1 is 1.17 bits per heavy atom. The van der Waals surface area contributed by atoms with Gasteiger partial charge in [-0.25, -0.2) is 4.98 Å². The first-order valence-corrected chi connectivity index (χ1v) is 11.7. The van der Waals surface area contributed by atoms with Crippen LogP contribution in [0, 0.1) is 13.8 Å². The van der Waals surface area contributed by atoms with E-state index in [-0.39, 0.29) is 5.91 Å². The maximum absolute atomic E-state index is 13.1. The van der Waals surface area contributed by atoms with E-state index in [0.717, 1.165) is 35.0 Å². The van der Waals surface area contributed by atoms with E-state index < -0.39 is 0 Å². The van der Waals surface area contributed by atoms with Gasteiger partial charge in [0, 0.05) is 24.3 Å². The number of benzene rings is 1. The highest BCUT2D eigenvalue weighted by atomic mass is 32.2. The molecule has 0 unspecified atom stereocenters. The highest BCUT2D eigenvalue weighted by Gasteiger charge is 2.33. The Morgan fingerprint density at radius 2 is 1.86 bits per heavy atom. The largest absolute Gasteiger partial charge is 0.497 e. The summed E-state index contributed by atoms with van der Waals surface area (Å²) in [6.07, 6.45) is 7.26. The molecule has 0 spiro atoms. The first-order valence-electron chi connectivity index (χ1n) is 10.7. The smallest absolute Gasteiger partial charge is 0.233 e. The number of carbonyl (C=O) groups is 1. The number of carbonyl (C=O) groups excluding carboxylic acids is 1. The standard InChI is InChI=1S/C23H31N3O2S/c1-16-17(2)26(20-6-4-5-7-20)23(24-16)29-15-22(27)25(19-10-11-19)14-18-8-12-21(28-3)13-9-18/h8-9,12-13,19-20H,4-7,10-11,14-15H2,1-3H3. The number of aromatic nitrogens is 2. The Balaban J connectivity index is 1.43. The molecular formula is C23H31N3O2S. The minimum absolute atomic E-state index is 0.213. The van der Waals surface area contributed by atoms with Gasteiger partial charge in [0.15, 0.2) is 5.16 Å². The molecule has 156 valence electrons. The fourth-order valence-corrected chi connectivity index (χ4v) is 5.28. The fourth-order valence-electron chi connectivity index (χ4n) is 4.23. The lowest BCUT2D eigenvalue weighted by Crippen LogP contribution is -2.34. The van der Waals surface area contributed by atoms with Crippen LogP contribution in [0.4, 0.5) is 0 Å². The van der Waals surface area contributed by atoms with Gasteiger partial charge in [0.2, 0.25) is 5.91 Å². The number of ether oxygens (including phenoxy) is 1. The summed E-state index contributed by atoms with van der Waals surface area (Å²) in [5.74, 6) is 1.51. The average Bonchev–Trinajstić information content (AvgIpc) is 3.35. The van der Waals surface area contributed by atoms with Crippen molar-refractivity contribution in [2.24, 2.45) is 0 Å². The second-order valence-electron chi connectivity index (χ2n) is 8.26. The summed E-state index contributed by atoms with van der Waals surface area (Å²) in [7, 11) is 1.67. The normalized spacial score (nSPS) is 16.9. The van der Waals surface area contributed by atoms with Crippen LogP contribution in [0.15, 0.2) is 29.4 Å². The maximum Gasteiger partial charge on any atom is 0.233 e. The minimum atomic E-state index is 0.213. The molecule has 2 aromatic rings. The van der Waals surface area contributed by atoms with Gasteiger partial charge in [-0.05, 0) is 57.2 Å². The van der Waals surface area contributed by atoms with Crippen molar-refractivity contribution in [3.8, 4) is 5.75 Å². The van der Waals surface area contributed by atoms with E-state index in [1.54, 1.807) is 18.9 Å². The van der Waals surface area contributed by atoms with E-state index in [9.17, 15) is 4.79 Å². The van der Waals surface area contributed by atoms with Gasteiger partial charge in [-0.1, -0.05) is 36.7 Å². The van der Waals surface area contributed by atoms with Crippen molar-refractivity contribution < 1.29 is 9.53 Å². The van der Waals surface area contributed by atoms with E-state index in [4.69, 9.17) is 9.72 Å². The van der Waals surface area contributed by atoms with Crippen LogP contribution in [-0.2, 0) is 11.3 Å². The van der Waals surface area contributed by atoms with Gasteiger partial charge in [0.25, 0.3) is 0 Å². The van der Waals surface area contributed by atoms with Crippen molar-refractivity contribution in [3.05, 3.63) is 41.2 Å². The minimum Gasteiger partial charge on any atom is -0.497 e. The zero-order valence-electron chi connectivity index (χ0n) is 17.7. The predicted octanol–water partition coefficient (Wildman–Crippen LogP) is 4.91. The number of imidazole rings is 1. The van der Waals surface area contributed by atoms with Crippen molar-refractivity contribution in [2.75, 3.05) is 12.9 Å². The Labute approximate surface area is 177 Å². The summed E-state index contributed by atoms with van der Waals surface area (Å²) in [5, 5.41) is 1.01. The summed E-state index contributed by atoms with van der Waals surface area (Å²) in [6.45, 7) is 4.91. The monoisotopic (exact) mass is 413 g/mol. The summed E-state index contributed by atoms with van der Waals surface area (Å²) >= 11 is 1.61. The first kappa shape index (κ1) is 20.3. The van der Waals surface area contributed by atoms with Crippen molar-refractivity contribution in [2.45, 2.75) is 76.2 Å². The topological polar surface area (TPSA) is 47.4 Å². The van der Waals surface area contributed by atoms with Gasteiger partial charge >= 0.3 is 0 Å². The summed E-state index contributed by atoms with van der Waals surface area (Å²) in [4.78, 5) is 19.9. The molecule has 0 saturated heterocycles. The quantitative estimate of drug-likeness (QED) is 0.577. The molecule has 0 bridgehead atoms. The molecule has 2 saturated carbocycles. The number of rotatable bonds is 8. The molecule has 0 radical (unpaired) electrons. The van der Waals surface area contributed by atoms with Crippen LogP contribution in [0.1, 0.15) is 61.5 Å². The SMILES string of the molecule is COc1ccc(CN(C(=O)CSc2nc(C)c(C)n2C2CCCC2)C2CC2)cc1. The first-order chi connectivity index (χ1) is 14.1. The summed E-state index contributed by atoms with van der Waals surface area (Å²) in [5.41, 5.74) is 3.49. The van der Waals surface area contributed by atoms with Crippen molar-refractivity contribution in [3.63, 3.8) is 0 Å². The van der Waals surface area contributed by atoms with Gasteiger partial charge in [0.1, 0.15) is 5.75 Å². The van der Waals surface area contributed by atoms with Crippen LogP contribution in [0.5, 0.6) is 5.75 Å². The molecule has 2 aliphatic rings. The Bertz CT molecular complexity index is 852. The molecule has 1 aromatic carbocycles. The highest BCUT2D eigenvalue weighted by molar-refractivity contribution is 7.99. The van der Waals surface area contributed by atoms with Gasteiger partial charge in [-0.2, -0.15) is 0 Å². The second kappa shape index (κ2) is 8.82. The zero-order chi connectivity index (χ0) is 20.4. The number of aryl methyl sites for hydroxylation is 1. The van der Waals surface area contributed by atoms with E-state index >= 15 is 0 Å². The third-order valence-corrected chi connectivity index (χ3v) is 7.13. The number of nitrogens with zero attached hydrogens (tertiary/aromatic N) is 3. The Hall–Kier alpha value is -1.95. The molecule has 2 aliphatic carbocycles. The number of amides is 1. The van der Waals surface area contributed by atoms with E-state index in [1.165, 1.54) is 31.4 Å². The van der Waals surface area contributed by atoms with Crippen molar-refractivity contribution >= 4 is 17.7 Å². The molecule has 1 heterocycles. The summed E-state index contributed by atoms with van der Waals surface area (Å²) < 4.78 is 7.63. The van der Waals surface area contributed by atoms with Crippen LogP contribution in [-0.4, -0.2) is 39.3 Å². The van der Waals surface area contributed by atoms with Crippen LogP contribution in [0.3, 0.4) is 0 Å². The molecule has 1 amide bonds. The van der Waals surface area contributed by atoms with Gasteiger partial charge < -0.3 is 14.2 Å². The number of hydrogen-bond acceptors (Lipinski definition) is 4. The van der Waals surface area contributed by atoms with Crippen molar-refractivity contribution in [1.29, 1.82) is 0 Å². The molecule has 0 N–H and O–H groups in total. The lowest BCUT2D eigenvalue weighted by Gasteiger charge is -2.23. The van der Waals surface area contributed by atoms with Crippen LogP contribution in [0.2, 0.25) is 0 Å². The molecular weight excluding hydrogens is 382 g/mol. The van der Waals surface area contributed by atoms with Gasteiger partial charge in [0.05, 0.1) is 18.6 Å². The molecule has 2 fully saturated rings. The lowest BCUT2D eigenvalue weighted by molar-refractivity contribution is -0.129. The molecule has 0 atom stereocenters. The fraction of sp³-hybridized carbons (Fsp3) is 0.565. The molecule has 4 rings (SSSR count). The average molecular weight is 414 g/mol. The Morgan fingerprint density at radius 3 is 2.48 bits per heavy atom. The maximum atomic E-state index is 13.1. The van der Waals surface area contributed by atoms with Crippen LogP contribution < -0.4 is 4.74 Å². The van der Waals surface area contributed by atoms with Crippen molar-refractivity contribution in [1.82, 2.24) is 14.5 Å². The summed E-state index contributed by atoms with van der Waals surface area (Å²) in [6, 6.07) is 8.96. The molecule has 0 aliphatic heterocycles. The molecule has 1 aromatic heterocycles. The van der Waals surface area contributed by atoms with Gasteiger partial charge in [-0.15, -0.1) is 0 Å². The number of thioether (sulfide) groups is 1. The highest BCUT2D eigenvalue weighted by Crippen LogP contribution is 2.36. The third kappa shape index (κ3) is 4.63. The van der Waals surface area contributed by atoms with Gasteiger partial charge in [-0.3, -0.25) is 4.79 Å². The molecule has 6 heteroatoms. The lowest BCUT2D eigenvalue weighted by atomic mass is 10.2. The van der Waals surface area contributed by atoms with E-state index in [2.05, 4.69) is 23.3 Å². The zero-order valence-corrected chi connectivity index (χ0v) is 18.5. The number of hydrogen-bond donors (Lipinski definition) is 0.